The number of hydrogen-bond donors (Lipinski definition) is 1. The van der Waals surface area contributed by atoms with Crippen molar-refractivity contribution in [1.82, 2.24) is 0 Å². The summed E-state index contributed by atoms with van der Waals surface area (Å²) in [6, 6.07) is 0. The van der Waals surface area contributed by atoms with Gasteiger partial charge in [-0.1, -0.05) is 0 Å². The van der Waals surface area contributed by atoms with Gasteiger partial charge in [0, 0.05) is 5.57 Å². The third kappa shape index (κ3) is 1.98. The predicted molar refractivity (Wildman–Crippen MR) is 27.1 cm³/mol. The molecule has 0 aliphatic rings. The van der Waals surface area contributed by atoms with Crippen molar-refractivity contribution in [2.75, 3.05) is 0 Å². The Labute approximate surface area is 42.5 Å². The zero-order valence-corrected chi connectivity index (χ0v) is 4.43. The average Bonchev–Trinajstić information content (AvgIpc) is 1.65. The molecule has 0 aliphatic heterocycles. The molecule has 0 heterocycles. The van der Waals surface area contributed by atoms with Crippen LogP contribution in [0.4, 0.5) is 0 Å². The predicted octanol–water partition coefficient (Wildman–Crippen LogP) is 1.04. The zero-order chi connectivity index (χ0) is 5.86. The monoisotopic (exact) mass is 100 g/mol. The summed E-state index contributed by atoms with van der Waals surface area (Å²) in [6.45, 7) is 2.96. The fraction of sp³-hybridized carbons (Fsp3) is 0.400. The molecule has 0 radical (unpaired) electrons. The smallest absolute Gasteiger partial charge is 0.158 e. The first kappa shape index (κ1) is 6.21. The number of aliphatic hydroxyl groups excluding tert-OH is 1. The molecule has 40 valence electrons. The van der Waals surface area contributed by atoms with Gasteiger partial charge in [0.1, 0.15) is 0 Å². The van der Waals surface area contributed by atoms with Gasteiger partial charge >= 0.3 is 0 Å². The van der Waals surface area contributed by atoms with E-state index in [1.165, 1.54) is 6.92 Å². The highest BCUT2D eigenvalue weighted by atomic mass is 16.2. The molecule has 0 fully saturated rings. The third-order valence-corrected chi connectivity index (χ3v) is 0.749. The Morgan fingerprint density at radius 2 is 2.00 bits per heavy atom. The average molecular weight is 100 g/mol. The topological polar surface area (TPSA) is 37.3 Å². The van der Waals surface area contributed by atoms with E-state index in [2.05, 4.69) is 0 Å². The van der Waals surface area contributed by atoms with E-state index in [0.717, 1.165) is 6.26 Å². The second kappa shape index (κ2) is 2.39. The molecule has 0 saturated carbocycles. The Morgan fingerprint density at radius 1 is 1.57 bits per heavy atom. The molecule has 2 nitrogen and oxygen atoms in total. The first-order valence-corrected chi connectivity index (χ1v) is 2.00. The first-order valence-electron chi connectivity index (χ1n) is 2.00. The van der Waals surface area contributed by atoms with E-state index < -0.39 is 0 Å². The van der Waals surface area contributed by atoms with Crippen molar-refractivity contribution >= 4 is 5.78 Å². The van der Waals surface area contributed by atoms with Gasteiger partial charge < -0.3 is 5.11 Å². The van der Waals surface area contributed by atoms with Crippen LogP contribution in [0.5, 0.6) is 0 Å². The van der Waals surface area contributed by atoms with Crippen molar-refractivity contribution in [3.05, 3.63) is 11.8 Å². The van der Waals surface area contributed by atoms with Gasteiger partial charge in [0.05, 0.1) is 6.26 Å². The minimum absolute atomic E-state index is 0.0949. The maximum atomic E-state index is 10.1. The molecule has 2 heteroatoms. The molecule has 0 saturated heterocycles. The lowest BCUT2D eigenvalue weighted by atomic mass is 10.2. The van der Waals surface area contributed by atoms with E-state index >= 15 is 0 Å². The van der Waals surface area contributed by atoms with Crippen LogP contribution in [0.3, 0.4) is 0 Å². The molecule has 0 spiro atoms. The minimum atomic E-state index is -0.0949. The van der Waals surface area contributed by atoms with Gasteiger partial charge in [-0.3, -0.25) is 4.79 Å². The molecule has 0 aromatic rings. The lowest BCUT2D eigenvalue weighted by Gasteiger charge is -1.84. The summed E-state index contributed by atoms with van der Waals surface area (Å²) in [5.74, 6) is -0.0949. The van der Waals surface area contributed by atoms with Crippen LogP contribution in [0.15, 0.2) is 11.8 Å². The lowest BCUT2D eigenvalue weighted by molar-refractivity contribution is -0.113. The fourth-order valence-corrected chi connectivity index (χ4v) is 0.0909. The highest BCUT2D eigenvalue weighted by molar-refractivity contribution is 5.92. The zero-order valence-electron chi connectivity index (χ0n) is 4.43. The third-order valence-electron chi connectivity index (χ3n) is 0.749. The molecule has 1 N–H and O–H groups in total. The maximum Gasteiger partial charge on any atom is 0.158 e. The molecular formula is C5H8O2. The number of Topliss-reactive ketones (excluding diaryl/α,β-unsaturated/α-hetero) is 1. The van der Waals surface area contributed by atoms with Gasteiger partial charge in [0.2, 0.25) is 0 Å². The van der Waals surface area contributed by atoms with Gasteiger partial charge in [-0.15, -0.1) is 0 Å². The Balaban J connectivity index is 3.82. The van der Waals surface area contributed by atoms with Crippen molar-refractivity contribution in [2.45, 2.75) is 13.8 Å². The van der Waals surface area contributed by atoms with Crippen molar-refractivity contribution < 1.29 is 9.90 Å². The van der Waals surface area contributed by atoms with Crippen LogP contribution in [0.1, 0.15) is 13.8 Å². The summed E-state index contributed by atoms with van der Waals surface area (Å²) in [4.78, 5) is 10.1. The van der Waals surface area contributed by atoms with E-state index in [0.29, 0.717) is 5.57 Å². The number of carbonyl (C=O) groups is 1. The normalized spacial score (nSPS) is 11.4. The second-order valence-corrected chi connectivity index (χ2v) is 1.37. The number of hydrogen-bond acceptors (Lipinski definition) is 2. The summed E-state index contributed by atoms with van der Waals surface area (Å²) in [7, 11) is 0. The SMILES string of the molecule is CC(=O)C(C)=CO. The highest BCUT2D eigenvalue weighted by Gasteiger charge is 1.91. The molecule has 0 aliphatic carbocycles. The molecule has 0 amide bonds. The molecule has 0 atom stereocenters. The number of allylic oxidation sites excluding steroid dienone is 1. The van der Waals surface area contributed by atoms with E-state index in [9.17, 15) is 4.79 Å². The molecule has 0 unspecified atom stereocenters. The summed E-state index contributed by atoms with van der Waals surface area (Å²) >= 11 is 0. The summed E-state index contributed by atoms with van der Waals surface area (Å²) < 4.78 is 0. The van der Waals surface area contributed by atoms with Crippen LogP contribution in [-0.4, -0.2) is 10.9 Å². The number of carbonyl (C=O) groups excluding carboxylic acids is 1. The van der Waals surface area contributed by atoms with Gasteiger partial charge in [-0.05, 0) is 13.8 Å². The molecular weight excluding hydrogens is 92.1 g/mol. The summed E-state index contributed by atoms with van der Waals surface area (Å²) in [6.07, 6.45) is 0.808. The van der Waals surface area contributed by atoms with E-state index in [1.807, 2.05) is 0 Å². The number of ketones is 1. The first-order chi connectivity index (χ1) is 3.18. The second-order valence-electron chi connectivity index (χ2n) is 1.37. The van der Waals surface area contributed by atoms with Gasteiger partial charge in [0.25, 0.3) is 0 Å². The van der Waals surface area contributed by atoms with Gasteiger partial charge in [-0.2, -0.15) is 0 Å². The van der Waals surface area contributed by atoms with E-state index in [1.54, 1.807) is 6.92 Å². The van der Waals surface area contributed by atoms with Crippen LogP contribution in [-0.2, 0) is 4.79 Å². The van der Waals surface area contributed by atoms with E-state index in [4.69, 9.17) is 5.11 Å². The quantitative estimate of drug-likeness (QED) is 0.395. The highest BCUT2D eigenvalue weighted by Crippen LogP contribution is 1.88. The van der Waals surface area contributed by atoms with Crippen molar-refractivity contribution in [2.24, 2.45) is 0 Å². The fourth-order valence-electron chi connectivity index (χ4n) is 0.0909. The standard InChI is InChI=1S/C5H8O2/c1-4(3-6)5(2)7/h3,6H,1-2H3. The number of aliphatic hydroxyl groups is 1. The van der Waals surface area contributed by atoms with Crippen molar-refractivity contribution in [3.8, 4) is 0 Å². The number of rotatable bonds is 1. The Hall–Kier alpha value is -0.790. The largest absolute Gasteiger partial charge is 0.515 e. The molecule has 0 aromatic carbocycles. The van der Waals surface area contributed by atoms with Crippen LogP contribution in [0.2, 0.25) is 0 Å². The van der Waals surface area contributed by atoms with Crippen LogP contribution in [0, 0.1) is 0 Å². The molecule has 7 heavy (non-hydrogen) atoms. The minimum Gasteiger partial charge on any atom is -0.515 e. The molecule has 0 bridgehead atoms. The van der Waals surface area contributed by atoms with Gasteiger partial charge in [-0.25, -0.2) is 0 Å². The Kier molecular flexibility index (Phi) is 2.12. The summed E-state index contributed by atoms with van der Waals surface area (Å²) in [5, 5.41) is 8.12. The van der Waals surface area contributed by atoms with Crippen molar-refractivity contribution in [3.63, 3.8) is 0 Å². The van der Waals surface area contributed by atoms with Crippen LogP contribution in [0.25, 0.3) is 0 Å². The summed E-state index contributed by atoms with van der Waals surface area (Å²) in [5.41, 5.74) is 0.389. The Bertz CT molecular complexity index is 103. The van der Waals surface area contributed by atoms with Crippen LogP contribution >= 0.6 is 0 Å². The molecule has 0 rings (SSSR count). The Morgan fingerprint density at radius 3 is 2.00 bits per heavy atom. The maximum absolute atomic E-state index is 10.1. The lowest BCUT2D eigenvalue weighted by Crippen LogP contribution is -1.89. The molecule has 0 aromatic heterocycles. The van der Waals surface area contributed by atoms with Crippen molar-refractivity contribution in [1.29, 1.82) is 0 Å². The van der Waals surface area contributed by atoms with E-state index in [-0.39, 0.29) is 5.78 Å². The van der Waals surface area contributed by atoms with Crippen LogP contribution < -0.4 is 0 Å². The van der Waals surface area contributed by atoms with Gasteiger partial charge in [0.15, 0.2) is 5.78 Å².